The van der Waals surface area contributed by atoms with Gasteiger partial charge in [0.15, 0.2) is 11.6 Å². The molecule has 0 saturated carbocycles. The van der Waals surface area contributed by atoms with Crippen molar-refractivity contribution in [3.63, 3.8) is 0 Å². The molecule has 8 nitrogen and oxygen atoms in total. The Morgan fingerprint density at radius 2 is 1.30 bits per heavy atom. The molecule has 9 heteroatoms. The number of nitrogens with zero attached hydrogens (tertiary/aromatic N) is 6. The monoisotopic (exact) mass is 340 g/mol. The largest absolute Gasteiger partial charge is 0.382 e. The van der Waals surface area contributed by atoms with Gasteiger partial charge >= 0.3 is 0 Å². The van der Waals surface area contributed by atoms with Crippen molar-refractivity contribution in [1.82, 2.24) is 19.9 Å². The van der Waals surface area contributed by atoms with Crippen LogP contribution in [0.25, 0.3) is 11.0 Å². The zero-order valence-electron chi connectivity index (χ0n) is 14.1. The Bertz CT molecular complexity index is 655. The van der Waals surface area contributed by atoms with E-state index in [9.17, 15) is 0 Å². The molecule has 0 unspecified atom stereocenters. The SMILES string of the molecule is CCN(CC)c1nc(N(CC)CC)c2nc(N)nc(N)c2n1.Cl. The Morgan fingerprint density at radius 1 is 0.739 bits per heavy atom. The molecule has 2 aromatic rings. The number of fused-ring (bicyclic) bond motifs is 1. The van der Waals surface area contributed by atoms with E-state index in [2.05, 4.69) is 52.4 Å². The Hall–Kier alpha value is -2.09. The van der Waals surface area contributed by atoms with E-state index in [1.54, 1.807) is 0 Å². The van der Waals surface area contributed by atoms with Crippen molar-refractivity contribution in [2.45, 2.75) is 27.7 Å². The zero-order chi connectivity index (χ0) is 16.3. The van der Waals surface area contributed by atoms with Crippen LogP contribution in [0.3, 0.4) is 0 Å². The van der Waals surface area contributed by atoms with E-state index in [0.717, 1.165) is 32.0 Å². The predicted molar refractivity (Wildman–Crippen MR) is 98.3 cm³/mol. The second-order valence-corrected chi connectivity index (χ2v) is 4.86. The molecule has 2 aromatic heterocycles. The topological polar surface area (TPSA) is 110 Å². The molecule has 0 aromatic carbocycles. The van der Waals surface area contributed by atoms with Crippen LogP contribution in [0.2, 0.25) is 0 Å². The fraction of sp³-hybridized carbons (Fsp3) is 0.571. The summed E-state index contributed by atoms with van der Waals surface area (Å²) in [5.41, 5.74) is 12.9. The number of hydrogen-bond acceptors (Lipinski definition) is 8. The molecule has 0 radical (unpaired) electrons. The molecule has 0 bridgehead atoms. The predicted octanol–water partition coefficient (Wildman–Crippen LogP) is 1.70. The molecular formula is C14H25ClN8. The summed E-state index contributed by atoms with van der Waals surface area (Å²) in [6, 6.07) is 0. The number of aromatic nitrogens is 4. The lowest BCUT2D eigenvalue weighted by Gasteiger charge is -2.24. The van der Waals surface area contributed by atoms with Gasteiger partial charge in [0.05, 0.1) is 0 Å². The maximum atomic E-state index is 6.00. The van der Waals surface area contributed by atoms with Gasteiger partial charge in [0.2, 0.25) is 11.9 Å². The summed E-state index contributed by atoms with van der Waals surface area (Å²) in [5.74, 6) is 1.81. The molecule has 0 atom stereocenters. The minimum Gasteiger partial charge on any atom is -0.382 e. The van der Waals surface area contributed by atoms with E-state index >= 15 is 0 Å². The van der Waals surface area contributed by atoms with Gasteiger partial charge in [-0.05, 0) is 27.7 Å². The average Bonchev–Trinajstić information content (AvgIpc) is 2.50. The van der Waals surface area contributed by atoms with Crippen LogP contribution in [0.15, 0.2) is 0 Å². The first kappa shape index (κ1) is 19.0. The summed E-state index contributed by atoms with van der Waals surface area (Å²) in [4.78, 5) is 21.8. The first-order chi connectivity index (χ1) is 10.5. The molecule has 4 N–H and O–H groups in total. The van der Waals surface area contributed by atoms with Crippen molar-refractivity contribution in [3.8, 4) is 0 Å². The third kappa shape index (κ3) is 3.64. The highest BCUT2D eigenvalue weighted by molar-refractivity contribution is 5.93. The molecule has 2 rings (SSSR count). The van der Waals surface area contributed by atoms with Crippen LogP contribution in [-0.4, -0.2) is 46.1 Å². The molecule has 128 valence electrons. The van der Waals surface area contributed by atoms with Gasteiger partial charge in [-0.3, -0.25) is 0 Å². The number of nitrogen functional groups attached to an aromatic ring is 2. The molecule has 2 heterocycles. The molecule has 0 aliphatic heterocycles. The van der Waals surface area contributed by atoms with Crippen molar-refractivity contribution in [2.24, 2.45) is 0 Å². The minimum absolute atomic E-state index is 0. The number of anilines is 4. The van der Waals surface area contributed by atoms with Crippen molar-refractivity contribution in [1.29, 1.82) is 0 Å². The second kappa shape index (κ2) is 7.96. The molecule has 0 fully saturated rings. The van der Waals surface area contributed by atoms with Crippen molar-refractivity contribution in [3.05, 3.63) is 0 Å². The number of nitrogens with two attached hydrogens (primary N) is 2. The fourth-order valence-corrected chi connectivity index (χ4v) is 2.42. The maximum Gasteiger partial charge on any atom is 0.228 e. The van der Waals surface area contributed by atoms with Gasteiger partial charge in [0, 0.05) is 26.2 Å². The van der Waals surface area contributed by atoms with E-state index in [-0.39, 0.29) is 24.2 Å². The first-order valence-electron chi connectivity index (χ1n) is 7.66. The van der Waals surface area contributed by atoms with E-state index < -0.39 is 0 Å². The van der Waals surface area contributed by atoms with Crippen LogP contribution in [0.4, 0.5) is 23.5 Å². The van der Waals surface area contributed by atoms with Gasteiger partial charge in [-0.1, -0.05) is 0 Å². The summed E-state index contributed by atoms with van der Waals surface area (Å²) in [5, 5.41) is 0. The van der Waals surface area contributed by atoms with E-state index in [0.29, 0.717) is 17.0 Å². The van der Waals surface area contributed by atoms with E-state index in [1.165, 1.54) is 0 Å². The number of halogens is 1. The lowest BCUT2D eigenvalue weighted by atomic mass is 10.3. The molecule has 0 aliphatic carbocycles. The van der Waals surface area contributed by atoms with Crippen molar-refractivity contribution in [2.75, 3.05) is 47.4 Å². The van der Waals surface area contributed by atoms with Gasteiger partial charge in [0.25, 0.3) is 0 Å². The normalized spacial score (nSPS) is 10.4. The minimum atomic E-state index is 0. The van der Waals surface area contributed by atoms with Gasteiger partial charge in [-0.2, -0.15) is 9.97 Å². The summed E-state index contributed by atoms with van der Waals surface area (Å²) < 4.78 is 0. The highest BCUT2D eigenvalue weighted by Gasteiger charge is 2.19. The Balaban J connectivity index is 0.00000264. The third-order valence-electron chi connectivity index (χ3n) is 3.67. The van der Waals surface area contributed by atoms with Gasteiger partial charge < -0.3 is 21.3 Å². The first-order valence-corrected chi connectivity index (χ1v) is 7.66. The lowest BCUT2D eigenvalue weighted by Crippen LogP contribution is -2.28. The van der Waals surface area contributed by atoms with Crippen LogP contribution in [-0.2, 0) is 0 Å². The molecular weight excluding hydrogens is 316 g/mol. The maximum absolute atomic E-state index is 6.00. The summed E-state index contributed by atoms with van der Waals surface area (Å²) in [7, 11) is 0. The molecule has 0 spiro atoms. The van der Waals surface area contributed by atoms with Gasteiger partial charge in [-0.15, -0.1) is 12.4 Å². The number of hydrogen-bond donors (Lipinski definition) is 2. The zero-order valence-corrected chi connectivity index (χ0v) is 14.9. The second-order valence-electron chi connectivity index (χ2n) is 4.86. The van der Waals surface area contributed by atoms with Crippen LogP contribution < -0.4 is 21.3 Å². The van der Waals surface area contributed by atoms with Crippen LogP contribution in [0, 0.1) is 0 Å². The summed E-state index contributed by atoms with van der Waals surface area (Å²) in [6.07, 6.45) is 0. The smallest absolute Gasteiger partial charge is 0.228 e. The fourth-order valence-electron chi connectivity index (χ4n) is 2.42. The third-order valence-corrected chi connectivity index (χ3v) is 3.67. The summed E-state index contributed by atoms with van der Waals surface area (Å²) >= 11 is 0. The lowest BCUT2D eigenvalue weighted by molar-refractivity contribution is 0.805. The quantitative estimate of drug-likeness (QED) is 0.817. The highest BCUT2D eigenvalue weighted by Crippen LogP contribution is 2.28. The molecule has 0 aliphatic rings. The number of rotatable bonds is 6. The van der Waals surface area contributed by atoms with Crippen LogP contribution in [0.1, 0.15) is 27.7 Å². The molecule has 0 saturated heterocycles. The van der Waals surface area contributed by atoms with Crippen molar-refractivity contribution >= 4 is 47.0 Å². The Labute approximate surface area is 142 Å². The molecule has 23 heavy (non-hydrogen) atoms. The van der Waals surface area contributed by atoms with E-state index in [4.69, 9.17) is 16.5 Å². The summed E-state index contributed by atoms with van der Waals surface area (Å²) in [6.45, 7) is 11.5. The van der Waals surface area contributed by atoms with Gasteiger partial charge in [0.1, 0.15) is 11.0 Å². The highest BCUT2D eigenvalue weighted by atomic mass is 35.5. The Kier molecular flexibility index (Phi) is 6.56. The average molecular weight is 341 g/mol. The standard InChI is InChI=1S/C14H24N8.ClH/c1-5-21(6-2)12-10-9(11(15)19-13(16)17-10)18-14(20-12)22(7-3)8-4;/h5-8H2,1-4H3,(H4,15,16,17,19);1H. The Morgan fingerprint density at radius 3 is 1.83 bits per heavy atom. The van der Waals surface area contributed by atoms with Gasteiger partial charge in [-0.25, -0.2) is 9.97 Å². The van der Waals surface area contributed by atoms with Crippen molar-refractivity contribution < 1.29 is 0 Å². The molecule has 0 amide bonds. The van der Waals surface area contributed by atoms with Crippen LogP contribution >= 0.6 is 12.4 Å². The van der Waals surface area contributed by atoms with E-state index in [1.807, 2.05) is 0 Å². The van der Waals surface area contributed by atoms with Crippen LogP contribution in [0.5, 0.6) is 0 Å².